The molecule has 0 fully saturated rings. The summed E-state index contributed by atoms with van der Waals surface area (Å²) < 4.78 is 0. The van der Waals surface area contributed by atoms with Crippen molar-refractivity contribution in [3.05, 3.63) is 44.3 Å². The number of hydrogen-bond acceptors (Lipinski definition) is 2. The summed E-state index contributed by atoms with van der Waals surface area (Å²) in [5, 5.41) is 7.00. The predicted octanol–water partition coefficient (Wildman–Crippen LogP) is 3.81. The van der Waals surface area contributed by atoms with Gasteiger partial charge in [0.05, 0.1) is 0 Å². The first-order chi connectivity index (χ1) is 8.63. The Morgan fingerprint density at radius 3 is 2.56 bits per heavy atom. The van der Waals surface area contributed by atoms with E-state index >= 15 is 0 Å². The molecule has 0 bridgehead atoms. The summed E-state index contributed by atoms with van der Waals surface area (Å²) in [6.45, 7) is 0.958. The molecule has 0 heterocycles. The molecule has 0 spiro atoms. The molecule has 1 amide bonds. The molecule has 5 nitrogen and oxygen atoms in total. The Kier molecular flexibility index (Phi) is 6.36. The number of hydrogen-bond donors (Lipinski definition) is 1. The molecule has 18 heavy (non-hydrogen) atoms. The third-order valence-electron chi connectivity index (χ3n) is 2.16. The van der Waals surface area contributed by atoms with E-state index in [9.17, 15) is 4.79 Å². The standard InChI is InChI=1S/C11H12Cl2N4O/c12-9-5-8(6-10(13)7-9)11(18)15-3-1-2-4-16-17-14/h5-7H,1-4H2,(H,15,18). The summed E-state index contributed by atoms with van der Waals surface area (Å²) in [5.41, 5.74) is 8.51. The zero-order valence-corrected chi connectivity index (χ0v) is 11.1. The van der Waals surface area contributed by atoms with Crippen LogP contribution in [0.15, 0.2) is 23.3 Å². The molecule has 1 rings (SSSR count). The van der Waals surface area contributed by atoms with E-state index in [4.69, 9.17) is 28.7 Å². The maximum absolute atomic E-state index is 11.7. The van der Waals surface area contributed by atoms with Gasteiger partial charge >= 0.3 is 0 Å². The zero-order chi connectivity index (χ0) is 13.4. The van der Waals surface area contributed by atoms with Crippen LogP contribution in [0, 0.1) is 0 Å². The van der Waals surface area contributed by atoms with Crippen LogP contribution in [0.5, 0.6) is 0 Å². The number of unbranched alkanes of at least 4 members (excludes halogenated alkanes) is 1. The molecule has 0 unspecified atom stereocenters. The highest BCUT2D eigenvalue weighted by molar-refractivity contribution is 6.35. The number of azide groups is 1. The van der Waals surface area contributed by atoms with Crippen molar-refractivity contribution in [2.75, 3.05) is 13.1 Å². The van der Waals surface area contributed by atoms with E-state index in [0.29, 0.717) is 28.7 Å². The summed E-state index contributed by atoms with van der Waals surface area (Å²) in [5.74, 6) is -0.219. The van der Waals surface area contributed by atoms with Crippen molar-refractivity contribution in [1.29, 1.82) is 0 Å². The number of nitrogens with zero attached hydrogens (tertiary/aromatic N) is 3. The highest BCUT2D eigenvalue weighted by atomic mass is 35.5. The van der Waals surface area contributed by atoms with Crippen LogP contribution < -0.4 is 5.32 Å². The van der Waals surface area contributed by atoms with Crippen molar-refractivity contribution in [3.63, 3.8) is 0 Å². The monoisotopic (exact) mass is 286 g/mol. The lowest BCUT2D eigenvalue weighted by molar-refractivity contribution is 0.0953. The summed E-state index contributed by atoms with van der Waals surface area (Å²) in [4.78, 5) is 14.4. The van der Waals surface area contributed by atoms with Gasteiger partial charge in [-0.05, 0) is 36.6 Å². The fourth-order valence-corrected chi connectivity index (χ4v) is 1.87. The molecule has 1 aromatic carbocycles. The first-order valence-corrected chi connectivity index (χ1v) is 6.14. The van der Waals surface area contributed by atoms with E-state index in [-0.39, 0.29) is 5.91 Å². The molecule has 96 valence electrons. The second-order valence-electron chi connectivity index (χ2n) is 3.58. The van der Waals surface area contributed by atoms with Gasteiger partial charge < -0.3 is 5.32 Å². The molecule has 0 aliphatic rings. The van der Waals surface area contributed by atoms with E-state index in [1.165, 1.54) is 0 Å². The molecule has 1 aromatic rings. The van der Waals surface area contributed by atoms with Crippen LogP contribution in [0.2, 0.25) is 10.0 Å². The molecule has 0 saturated heterocycles. The van der Waals surface area contributed by atoms with Gasteiger partial charge in [-0.3, -0.25) is 4.79 Å². The van der Waals surface area contributed by atoms with Gasteiger partial charge in [-0.2, -0.15) is 0 Å². The van der Waals surface area contributed by atoms with Crippen LogP contribution in [0.3, 0.4) is 0 Å². The van der Waals surface area contributed by atoms with Crippen LogP contribution >= 0.6 is 23.2 Å². The fraction of sp³-hybridized carbons (Fsp3) is 0.364. The minimum absolute atomic E-state index is 0.219. The summed E-state index contributed by atoms with van der Waals surface area (Å²) in [7, 11) is 0. The summed E-state index contributed by atoms with van der Waals surface area (Å²) >= 11 is 11.6. The quantitative estimate of drug-likeness (QED) is 0.367. The lowest BCUT2D eigenvalue weighted by Gasteiger charge is -2.05. The van der Waals surface area contributed by atoms with Crippen molar-refractivity contribution in [2.24, 2.45) is 5.11 Å². The van der Waals surface area contributed by atoms with E-state index in [1.807, 2.05) is 0 Å². The number of carbonyl (C=O) groups excluding carboxylic acids is 1. The van der Waals surface area contributed by atoms with Gasteiger partial charge in [-0.1, -0.05) is 28.3 Å². The normalized spacial score (nSPS) is 9.67. The highest BCUT2D eigenvalue weighted by Crippen LogP contribution is 2.18. The third-order valence-corrected chi connectivity index (χ3v) is 2.59. The van der Waals surface area contributed by atoms with Gasteiger partial charge in [-0.25, -0.2) is 0 Å². The number of nitrogens with one attached hydrogen (secondary N) is 1. The molecule has 0 radical (unpaired) electrons. The average Bonchev–Trinajstić information content (AvgIpc) is 2.32. The molecular formula is C11H12Cl2N4O. The van der Waals surface area contributed by atoms with Crippen molar-refractivity contribution >= 4 is 29.1 Å². The Hall–Kier alpha value is -1.42. The summed E-state index contributed by atoms with van der Waals surface area (Å²) in [6.07, 6.45) is 1.49. The van der Waals surface area contributed by atoms with Gasteiger partial charge in [0.15, 0.2) is 0 Å². The van der Waals surface area contributed by atoms with Crippen LogP contribution in [0.4, 0.5) is 0 Å². The largest absolute Gasteiger partial charge is 0.352 e. The Morgan fingerprint density at radius 2 is 1.94 bits per heavy atom. The number of carbonyl (C=O) groups is 1. The van der Waals surface area contributed by atoms with Crippen LogP contribution in [-0.4, -0.2) is 19.0 Å². The highest BCUT2D eigenvalue weighted by Gasteiger charge is 2.06. The smallest absolute Gasteiger partial charge is 0.251 e. The van der Waals surface area contributed by atoms with Crippen molar-refractivity contribution in [2.45, 2.75) is 12.8 Å². The minimum atomic E-state index is -0.219. The van der Waals surface area contributed by atoms with E-state index in [2.05, 4.69) is 15.3 Å². The number of benzene rings is 1. The lowest BCUT2D eigenvalue weighted by atomic mass is 10.2. The first kappa shape index (κ1) is 14.6. The van der Waals surface area contributed by atoms with E-state index < -0.39 is 0 Å². The van der Waals surface area contributed by atoms with E-state index in [1.54, 1.807) is 18.2 Å². The lowest BCUT2D eigenvalue weighted by Crippen LogP contribution is -2.24. The van der Waals surface area contributed by atoms with Crippen molar-refractivity contribution < 1.29 is 4.79 Å². The molecule has 0 atom stereocenters. The Labute approximate surface area is 115 Å². The van der Waals surface area contributed by atoms with Gasteiger partial charge in [0.25, 0.3) is 5.91 Å². The molecular weight excluding hydrogens is 275 g/mol. The van der Waals surface area contributed by atoms with E-state index in [0.717, 1.165) is 12.8 Å². The topological polar surface area (TPSA) is 77.9 Å². The van der Waals surface area contributed by atoms with Gasteiger partial charge in [-0.15, -0.1) is 0 Å². The number of rotatable bonds is 6. The van der Waals surface area contributed by atoms with Gasteiger partial charge in [0, 0.05) is 33.6 Å². The SMILES string of the molecule is [N-]=[N+]=NCCCCNC(=O)c1cc(Cl)cc(Cl)c1. The van der Waals surface area contributed by atoms with Gasteiger partial charge in [0.2, 0.25) is 0 Å². The maximum atomic E-state index is 11.7. The maximum Gasteiger partial charge on any atom is 0.251 e. The fourth-order valence-electron chi connectivity index (χ4n) is 1.34. The Balaban J connectivity index is 2.38. The number of amides is 1. The first-order valence-electron chi connectivity index (χ1n) is 5.38. The zero-order valence-electron chi connectivity index (χ0n) is 9.57. The molecule has 0 saturated carbocycles. The predicted molar refractivity (Wildman–Crippen MR) is 72.0 cm³/mol. The van der Waals surface area contributed by atoms with Crippen molar-refractivity contribution in [3.8, 4) is 0 Å². The average molecular weight is 287 g/mol. The number of halogens is 2. The molecule has 1 N–H and O–H groups in total. The molecule has 7 heteroatoms. The van der Waals surface area contributed by atoms with Crippen LogP contribution in [0.25, 0.3) is 10.4 Å². The van der Waals surface area contributed by atoms with Gasteiger partial charge in [0.1, 0.15) is 0 Å². The second-order valence-corrected chi connectivity index (χ2v) is 4.45. The molecule has 0 aliphatic heterocycles. The summed E-state index contributed by atoms with van der Waals surface area (Å²) in [6, 6.07) is 4.69. The Bertz CT molecular complexity index is 452. The third kappa shape index (κ3) is 5.27. The Morgan fingerprint density at radius 1 is 1.28 bits per heavy atom. The second kappa shape index (κ2) is 7.82. The van der Waals surface area contributed by atoms with Crippen LogP contribution in [0.1, 0.15) is 23.2 Å². The molecule has 0 aromatic heterocycles. The van der Waals surface area contributed by atoms with Crippen molar-refractivity contribution in [1.82, 2.24) is 5.32 Å². The minimum Gasteiger partial charge on any atom is -0.352 e. The van der Waals surface area contributed by atoms with Crippen LogP contribution in [-0.2, 0) is 0 Å². The molecule has 0 aliphatic carbocycles.